The minimum atomic E-state index is -0.279. The van der Waals surface area contributed by atoms with E-state index in [1.807, 2.05) is 4.90 Å². The fraction of sp³-hybridized carbons (Fsp3) is 0.471. The number of carbonyl (C=O) groups is 1. The highest BCUT2D eigenvalue weighted by Crippen LogP contribution is 2.18. The van der Waals surface area contributed by atoms with Gasteiger partial charge < -0.3 is 9.64 Å². The van der Waals surface area contributed by atoms with E-state index in [0.717, 1.165) is 31.5 Å². The van der Waals surface area contributed by atoms with Crippen molar-refractivity contribution in [3.05, 3.63) is 35.6 Å². The van der Waals surface area contributed by atoms with Gasteiger partial charge in [0.2, 0.25) is 5.91 Å². The molecule has 0 N–H and O–H groups in total. The fourth-order valence-corrected chi connectivity index (χ4v) is 2.52. The molecule has 2 rings (SSSR count). The van der Waals surface area contributed by atoms with E-state index in [0.29, 0.717) is 25.6 Å². The number of hydrogen-bond donors (Lipinski definition) is 0. The van der Waals surface area contributed by atoms with Gasteiger partial charge in [0.15, 0.2) is 0 Å². The number of carbonyl (C=O) groups excluding carboxylic acids is 1. The second kappa shape index (κ2) is 7.80. The number of rotatable bonds is 5. The van der Waals surface area contributed by atoms with Crippen LogP contribution in [0.2, 0.25) is 0 Å². The second-order valence-corrected chi connectivity index (χ2v) is 5.35. The van der Waals surface area contributed by atoms with Gasteiger partial charge in [-0.15, -0.1) is 6.42 Å². The largest absolute Gasteiger partial charge is 0.369 e. The van der Waals surface area contributed by atoms with E-state index in [4.69, 9.17) is 11.2 Å². The summed E-state index contributed by atoms with van der Waals surface area (Å²) in [5, 5.41) is 0. The first-order valence-electron chi connectivity index (χ1n) is 7.22. The number of ether oxygens (including phenoxy) is 1. The van der Waals surface area contributed by atoms with E-state index in [1.54, 1.807) is 12.1 Å². The number of terminal acetylenes is 1. The monoisotopic (exact) mass is 289 g/mol. The van der Waals surface area contributed by atoms with Gasteiger partial charge in [-0.25, -0.2) is 4.39 Å². The maximum absolute atomic E-state index is 12.8. The molecule has 0 saturated carbocycles. The molecule has 112 valence electrons. The first-order valence-corrected chi connectivity index (χ1v) is 7.22. The van der Waals surface area contributed by atoms with Crippen LogP contribution in [0.5, 0.6) is 0 Å². The van der Waals surface area contributed by atoms with Gasteiger partial charge in [-0.3, -0.25) is 4.79 Å². The highest BCUT2D eigenvalue weighted by atomic mass is 19.1. The molecule has 21 heavy (non-hydrogen) atoms. The molecule has 1 heterocycles. The number of likely N-dealkylation sites (tertiary alicyclic amines) is 1. The van der Waals surface area contributed by atoms with Gasteiger partial charge >= 0.3 is 0 Å². The SMILES string of the molecule is C#CCOCC1CCN(C(=O)Cc2ccc(F)cc2)CC1. The fourth-order valence-electron chi connectivity index (χ4n) is 2.52. The summed E-state index contributed by atoms with van der Waals surface area (Å²) in [5.41, 5.74) is 0.848. The van der Waals surface area contributed by atoms with Crippen molar-refractivity contribution in [1.82, 2.24) is 4.90 Å². The first kappa shape index (κ1) is 15.5. The van der Waals surface area contributed by atoms with Crippen LogP contribution in [0, 0.1) is 24.1 Å². The van der Waals surface area contributed by atoms with Gasteiger partial charge in [-0.1, -0.05) is 18.1 Å². The van der Waals surface area contributed by atoms with Crippen molar-refractivity contribution in [3.8, 4) is 12.3 Å². The molecule has 1 aliphatic rings. The molecule has 0 bridgehead atoms. The van der Waals surface area contributed by atoms with E-state index < -0.39 is 0 Å². The molecule has 0 aromatic heterocycles. The van der Waals surface area contributed by atoms with Crippen LogP contribution in [0.4, 0.5) is 4.39 Å². The van der Waals surface area contributed by atoms with Crippen LogP contribution in [0.25, 0.3) is 0 Å². The van der Waals surface area contributed by atoms with Crippen LogP contribution >= 0.6 is 0 Å². The lowest BCUT2D eigenvalue weighted by Gasteiger charge is -2.31. The maximum Gasteiger partial charge on any atom is 0.226 e. The molecule has 0 aliphatic carbocycles. The Bertz CT molecular complexity index is 499. The van der Waals surface area contributed by atoms with E-state index in [-0.39, 0.29) is 11.7 Å². The molecule has 1 aromatic carbocycles. The zero-order valence-corrected chi connectivity index (χ0v) is 12.1. The van der Waals surface area contributed by atoms with Gasteiger partial charge in [0.05, 0.1) is 13.0 Å². The number of amides is 1. The van der Waals surface area contributed by atoms with Crippen LogP contribution in [-0.2, 0) is 16.0 Å². The van der Waals surface area contributed by atoms with Gasteiger partial charge in [0.1, 0.15) is 12.4 Å². The van der Waals surface area contributed by atoms with E-state index in [9.17, 15) is 9.18 Å². The molecule has 3 nitrogen and oxygen atoms in total. The lowest BCUT2D eigenvalue weighted by molar-refractivity contribution is -0.132. The Labute approximate surface area is 125 Å². The van der Waals surface area contributed by atoms with E-state index in [1.165, 1.54) is 12.1 Å². The average Bonchev–Trinajstić information content (AvgIpc) is 2.50. The molecule has 0 spiro atoms. The van der Waals surface area contributed by atoms with E-state index >= 15 is 0 Å². The minimum Gasteiger partial charge on any atom is -0.369 e. The molecular weight excluding hydrogens is 269 g/mol. The summed E-state index contributed by atoms with van der Waals surface area (Å²) < 4.78 is 18.2. The minimum absolute atomic E-state index is 0.101. The molecular formula is C17H20FNO2. The highest BCUT2D eigenvalue weighted by Gasteiger charge is 2.22. The summed E-state index contributed by atoms with van der Waals surface area (Å²) in [6, 6.07) is 6.09. The zero-order valence-electron chi connectivity index (χ0n) is 12.1. The Morgan fingerprint density at radius 2 is 2.00 bits per heavy atom. The Morgan fingerprint density at radius 3 is 2.62 bits per heavy atom. The van der Waals surface area contributed by atoms with Crippen molar-refractivity contribution >= 4 is 5.91 Å². The maximum atomic E-state index is 12.8. The summed E-state index contributed by atoms with van der Waals surface area (Å²) in [6.07, 6.45) is 7.36. The smallest absolute Gasteiger partial charge is 0.226 e. The summed E-state index contributed by atoms with van der Waals surface area (Å²) in [7, 11) is 0. The highest BCUT2D eigenvalue weighted by molar-refractivity contribution is 5.78. The molecule has 0 atom stereocenters. The van der Waals surface area contributed by atoms with Gasteiger partial charge in [-0.05, 0) is 36.5 Å². The van der Waals surface area contributed by atoms with Crippen LogP contribution in [0.15, 0.2) is 24.3 Å². The Hall–Kier alpha value is -1.86. The number of hydrogen-bond acceptors (Lipinski definition) is 2. The average molecular weight is 289 g/mol. The molecule has 1 saturated heterocycles. The lowest BCUT2D eigenvalue weighted by Crippen LogP contribution is -2.40. The van der Waals surface area contributed by atoms with Crippen LogP contribution < -0.4 is 0 Å². The number of benzene rings is 1. The molecule has 0 radical (unpaired) electrons. The molecule has 1 aliphatic heterocycles. The Balaban J connectivity index is 1.75. The van der Waals surface area contributed by atoms with E-state index in [2.05, 4.69) is 5.92 Å². The van der Waals surface area contributed by atoms with Gasteiger partial charge in [0.25, 0.3) is 0 Å². The number of nitrogens with zero attached hydrogens (tertiary/aromatic N) is 1. The van der Waals surface area contributed by atoms with Crippen molar-refractivity contribution in [2.24, 2.45) is 5.92 Å². The third kappa shape index (κ3) is 4.87. The van der Waals surface area contributed by atoms with Crippen molar-refractivity contribution in [2.75, 3.05) is 26.3 Å². The normalized spacial score (nSPS) is 15.7. The summed E-state index contributed by atoms with van der Waals surface area (Å²) in [5.74, 6) is 2.75. The van der Waals surface area contributed by atoms with Crippen LogP contribution in [0.3, 0.4) is 0 Å². The molecule has 0 unspecified atom stereocenters. The predicted molar refractivity (Wildman–Crippen MR) is 79.1 cm³/mol. The first-order chi connectivity index (χ1) is 10.2. The van der Waals surface area contributed by atoms with Crippen LogP contribution in [0.1, 0.15) is 18.4 Å². The van der Waals surface area contributed by atoms with Crippen molar-refractivity contribution in [2.45, 2.75) is 19.3 Å². The van der Waals surface area contributed by atoms with Crippen LogP contribution in [-0.4, -0.2) is 37.1 Å². The quantitative estimate of drug-likeness (QED) is 0.614. The van der Waals surface area contributed by atoms with Crippen molar-refractivity contribution < 1.29 is 13.9 Å². The third-order valence-electron chi connectivity index (χ3n) is 3.77. The second-order valence-electron chi connectivity index (χ2n) is 5.35. The molecule has 1 fully saturated rings. The van der Waals surface area contributed by atoms with Gasteiger partial charge in [0, 0.05) is 13.1 Å². The third-order valence-corrected chi connectivity index (χ3v) is 3.77. The Kier molecular flexibility index (Phi) is 5.77. The van der Waals surface area contributed by atoms with Crippen molar-refractivity contribution in [1.29, 1.82) is 0 Å². The molecule has 4 heteroatoms. The number of piperidine rings is 1. The standard InChI is InChI=1S/C17H20FNO2/c1-2-11-21-13-15-7-9-19(10-8-15)17(20)12-14-3-5-16(18)6-4-14/h1,3-6,15H,7-13H2. The molecule has 1 aromatic rings. The number of halogens is 1. The zero-order chi connectivity index (χ0) is 15.1. The summed E-state index contributed by atoms with van der Waals surface area (Å²) in [6.45, 7) is 2.53. The Morgan fingerprint density at radius 1 is 1.33 bits per heavy atom. The molecule has 1 amide bonds. The van der Waals surface area contributed by atoms with Crippen molar-refractivity contribution in [3.63, 3.8) is 0 Å². The van der Waals surface area contributed by atoms with Gasteiger partial charge in [-0.2, -0.15) is 0 Å². The predicted octanol–water partition coefficient (Wildman–Crippen LogP) is 2.26. The summed E-state index contributed by atoms with van der Waals surface area (Å²) in [4.78, 5) is 14.1. The lowest BCUT2D eigenvalue weighted by atomic mass is 9.97. The topological polar surface area (TPSA) is 29.5 Å². The summed E-state index contributed by atoms with van der Waals surface area (Å²) >= 11 is 0.